The third-order valence-electron chi connectivity index (χ3n) is 3.36. The molecule has 4 heteroatoms. The van der Waals surface area contributed by atoms with Crippen LogP contribution in [-0.2, 0) is 6.42 Å². The van der Waals surface area contributed by atoms with E-state index in [1.807, 2.05) is 18.2 Å². The Bertz CT molecular complexity index is 677. The van der Waals surface area contributed by atoms with Crippen molar-refractivity contribution in [1.82, 2.24) is 5.43 Å². The molecule has 0 aliphatic heterocycles. The Kier molecular flexibility index (Phi) is 3.52. The van der Waals surface area contributed by atoms with Crippen LogP contribution in [0.4, 0.5) is 0 Å². The van der Waals surface area contributed by atoms with E-state index in [2.05, 4.69) is 16.6 Å². The molecule has 0 radical (unpaired) electrons. The molecule has 0 atom stereocenters. The van der Waals surface area contributed by atoms with Gasteiger partial charge in [0.25, 0.3) is 5.91 Å². The highest BCUT2D eigenvalue weighted by atomic mass is 35.5. The molecule has 0 aromatic heterocycles. The van der Waals surface area contributed by atoms with Crippen LogP contribution >= 0.6 is 11.6 Å². The maximum Gasteiger partial charge on any atom is 0.271 e. The third-order valence-corrected chi connectivity index (χ3v) is 3.61. The van der Waals surface area contributed by atoms with Gasteiger partial charge in [-0.25, -0.2) is 5.43 Å². The van der Waals surface area contributed by atoms with Gasteiger partial charge in [-0.2, -0.15) is 5.10 Å². The zero-order valence-corrected chi connectivity index (χ0v) is 11.5. The first-order chi connectivity index (χ1) is 9.74. The summed E-state index contributed by atoms with van der Waals surface area (Å²) in [6, 6.07) is 14.9. The number of carbonyl (C=O) groups excluding carboxylic acids is 1. The van der Waals surface area contributed by atoms with Crippen LogP contribution in [0.1, 0.15) is 27.9 Å². The summed E-state index contributed by atoms with van der Waals surface area (Å²) < 4.78 is 0. The van der Waals surface area contributed by atoms with E-state index < -0.39 is 0 Å². The predicted octanol–water partition coefficient (Wildman–Crippen LogP) is 3.42. The average Bonchev–Trinajstić information content (AvgIpc) is 2.89. The van der Waals surface area contributed by atoms with Gasteiger partial charge in [-0.1, -0.05) is 35.9 Å². The van der Waals surface area contributed by atoms with Crippen molar-refractivity contribution in [2.75, 3.05) is 0 Å². The molecule has 20 heavy (non-hydrogen) atoms. The fraction of sp³-hybridized carbons (Fsp3) is 0.125. The number of hydrogen-bond donors (Lipinski definition) is 1. The molecule has 0 unspecified atom stereocenters. The third kappa shape index (κ3) is 2.58. The summed E-state index contributed by atoms with van der Waals surface area (Å²) >= 11 is 5.79. The minimum Gasteiger partial charge on any atom is -0.267 e. The molecule has 0 bridgehead atoms. The van der Waals surface area contributed by atoms with E-state index in [0.717, 1.165) is 24.1 Å². The highest BCUT2D eigenvalue weighted by molar-refractivity contribution is 6.30. The predicted molar refractivity (Wildman–Crippen MR) is 80.2 cm³/mol. The molecule has 2 aromatic rings. The molecule has 0 saturated carbocycles. The summed E-state index contributed by atoms with van der Waals surface area (Å²) in [6.45, 7) is 0. The minimum absolute atomic E-state index is 0.224. The molecule has 0 fully saturated rings. The van der Waals surface area contributed by atoms with Gasteiger partial charge >= 0.3 is 0 Å². The Morgan fingerprint density at radius 2 is 1.80 bits per heavy atom. The summed E-state index contributed by atoms with van der Waals surface area (Å²) in [5, 5.41) is 4.86. The lowest BCUT2D eigenvalue weighted by Crippen LogP contribution is -2.19. The molecule has 3 rings (SSSR count). The number of benzene rings is 2. The van der Waals surface area contributed by atoms with Crippen molar-refractivity contribution in [3.63, 3.8) is 0 Å². The van der Waals surface area contributed by atoms with Gasteiger partial charge < -0.3 is 0 Å². The minimum atomic E-state index is -0.224. The number of nitrogens with zero attached hydrogens (tertiary/aromatic N) is 1. The first kappa shape index (κ1) is 12.9. The van der Waals surface area contributed by atoms with Gasteiger partial charge in [0.05, 0.1) is 5.71 Å². The van der Waals surface area contributed by atoms with Crippen molar-refractivity contribution in [1.29, 1.82) is 0 Å². The van der Waals surface area contributed by atoms with E-state index >= 15 is 0 Å². The Morgan fingerprint density at radius 1 is 1.05 bits per heavy atom. The van der Waals surface area contributed by atoms with Crippen LogP contribution in [0.25, 0.3) is 0 Å². The standard InChI is InChI=1S/C16H13ClN2O/c17-13-8-5-12(6-9-13)16(20)19-18-15-10-7-11-3-1-2-4-14(11)15/h1-6,8-9H,7,10H2,(H,19,20)/b18-15-. The zero-order valence-electron chi connectivity index (χ0n) is 10.8. The number of nitrogens with one attached hydrogen (secondary N) is 1. The number of amides is 1. The lowest BCUT2D eigenvalue weighted by Gasteiger charge is -2.02. The Balaban J connectivity index is 1.75. The average molecular weight is 285 g/mol. The number of aryl methyl sites for hydroxylation is 1. The molecule has 3 nitrogen and oxygen atoms in total. The molecule has 1 N–H and O–H groups in total. The number of halogens is 1. The van der Waals surface area contributed by atoms with Crippen LogP contribution in [-0.4, -0.2) is 11.6 Å². The Morgan fingerprint density at radius 3 is 2.60 bits per heavy atom. The maximum atomic E-state index is 12.0. The first-order valence-corrected chi connectivity index (χ1v) is 6.82. The second kappa shape index (κ2) is 5.47. The van der Waals surface area contributed by atoms with Crippen LogP contribution < -0.4 is 5.43 Å². The summed E-state index contributed by atoms with van der Waals surface area (Å²) in [4.78, 5) is 12.0. The normalized spacial score (nSPS) is 15.2. The van der Waals surface area contributed by atoms with Gasteiger partial charge in [0.1, 0.15) is 0 Å². The Hall–Kier alpha value is -2.13. The summed E-state index contributed by atoms with van der Waals surface area (Å²) in [7, 11) is 0. The quantitative estimate of drug-likeness (QED) is 0.844. The van der Waals surface area contributed by atoms with Crippen LogP contribution in [0.3, 0.4) is 0 Å². The van der Waals surface area contributed by atoms with Crippen molar-refractivity contribution in [3.8, 4) is 0 Å². The fourth-order valence-corrected chi connectivity index (χ4v) is 2.43. The number of carbonyl (C=O) groups is 1. The molecule has 0 spiro atoms. The van der Waals surface area contributed by atoms with Crippen molar-refractivity contribution >= 4 is 23.2 Å². The summed E-state index contributed by atoms with van der Waals surface area (Å²) in [5.74, 6) is -0.224. The van der Waals surface area contributed by atoms with E-state index in [-0.39, 0.29) is 5.91 Å². The van der Waals surface area contributed by atoms with E-state index in [1.165, 1.54) is 5.56 Å². The van der Waals surface area contributed by atoms with Gasteiger partial charge in [0.15, 0.2) is 0 Å². The van der Waals surface area contributed by atoms with Crippen molar-refractivity contribution in [2.24, 2.45) is 5.10 Å². The van der Waals surface area contributed by atoms with Gasteiger partial charge in [-0.3, -0.25) is 4.79 Å². The summed E-state index contributed by atoms with van der Waals surface area (Å²) in [5.41, 5.74) is 6.50. The largest absolute Gasteiger partial charge is 0.271 e. The number of hydrazone groups is 1. The highest BCUT2D eigenvalue weighted by Crippen LogP contribution is 2.21. The van der Waals surface area contributed by atoms with Crippen LogP contribution in [0.5, 0.6) is 0 Å². The van der Waals surface area contributed by atoms with E-state index in [9.17, 15) is 4.79 Å². The SMILES string of the molecule is O=C(N/N=C1/CCc2ccccc21)c1ccc(Cl)cc1. The lowest BCUT2D eigenvalue weighted by molar-refractivity contribution is 0.0955. The highest BCUT2D eigenvalue weighted by Gasteiger charge is 2.17. The monoisotopic (exact) mass is 284 g/mol. The lowest BCUT2D eigenvalue weighted by atomic mass is 10.1. The van der Waals surface area contributed by atoms with Crippen LogP contribution in [0.15, 0.2) is 53.6 Å². The van der Waals surface area contributed by atoms with E-state index in [0.29, 0.717) is 10.6 Å². The first-order valence-electron chi connectivity index (χ1n) is 6.45. The second-order valence-corrected chi connectivity index (χ2v) is 5.10. The molecular weight excluding hydrogens is 272 g/mol. The smallest absolute Gasteiger partial charge is 0.267 e. The topological polar surface area (TPSA) is 41.5 Å². The number of hydrogen-bond acceptors (Lipinski definition) is 2. The van der Waals surface area contributed by atoms with Crippen molar-refractivity contribution < 1.29 is 4.79 Å². The zero-order chi connectivity index (χ0) is 13.9. The molecule has 1 aliphatic rings. The van der Waals surface area contributed by atoms with Gasteiger partial charge in [-0.15, -0.1) is 0 Å². The molecule has 1 amide bonds. The Labute approximate surface area is 122 Å². The van der Waals surface area contributed by atoms with Gasteiger partial charge in [0.2, 0.25) is 0 Å². The van der Waals surface area contributed by atoms with E-state index in [4.69, 9.17) is 11.6 Å². The number of fused-ring (bicyclic) bond motifs is 1. The number of rotatable bonds is 2. The van der Waals surface area contributed by atoms with Crippen LogP contribution in [0, 0.1) is 0 Å². The molecule has 0 saturated heterocycles. The molecule has 2 aromatic carbocycles. The van der Waals surface area contributed by atoms with Crippen molar-refractivity contribution in [3.05, 3.63) is 70.2 Å². The van der Waals surface area contributed by atoms with Gasteiger partial charge in [0, 0.05) is 16.1 Å². The fourth-order valence-electron chi connectivity index (χ4n) is 2.31. The molecule has 100 valence electrons. The van der Waals surface area contributed by atoms with Gasteiger partial charge in [-0.05, 0) is 42.7 Å². The maximum absolute atomic E-state index is 12.0. The van der Waals surface area contributed by atoms with E-state index in [1.54, 1.807) is 24.3 Å². The van der Waals surface area contributed by atoms with Crippen LogP contribution in [0.2, 0.25) is 5.02 Å². The molecule has 0 heterocycles. The van der Waals surface area contributed by atoms with Crippen molar-refractivity contribution in [2.45, 2.75) is 12.8 Å². The summed E-state index contributed by atoms with van der Waals surface area (Å²) in [6.07, 6.45) is 1.84. The molecular formula is C16H13ClN2O. The molecule has 1 aliphatic carbocycles. The second-order valence-electron chi connectivity index (χ2n) is 4.66.